The molecule has 1 aliphatic rings. The van der Waals surface area contributed by atoms with E-state index in [-0.39, 0.29) is 11.9 Å². The summed E-state index contributed by atoms with van der Waals surface area (Å²) in [6.45, 7) is 7.46. The third kappa shape index (κ3) is 5.29. The molecule has 1 amide bonds. The Morgan fingerprint density at radius 2 is 1.74 bits per heavy atom. The van der Waals surface area contributed by atoms with Gasteiger partial charge < -0.3 is 5.32 Å². The molecule has 0 unspecified atom stereocenters. The fraction of sp³-hybridized carbons (Fsp3) is 0.480. The molecule has 0 saturated carbocycles. The molecule has 0 radical (unpaired) electrons. The predicted molar refractivity (Wildman–Crippen MR) is 127 cm³/mol. The molecule has 3 rings (SSSR count). The van der Waals surface area contributed by atoms with Crippen LogP contribution in [0.5, 0.6) is 0 Å². The summed E-state index contributed by atoms with van der Waals surface area (Å²) in [4.78, 5) is 13.2. The third-order valence-electron chi connectivity index (χ3n) is 6.19. The summed E-state index contributed by atoms with van der Waals surface area (Å²) in [5.41, 5.74) is 6.17. The molecule has 2 atom stereocenters. The van der Waals surface area contributed by atoms with Crippen LogP contribution in [-0.4, -0.2) is 26.6 Å². The van der Waals surface area contributed by atoms with Gasteiger partial charge in [0.1, 0.15) is 6.04 Å². The molecule has 2 aromatic rings. The zero-order valence-electron chi connectivity index (χ0n) is 19.2. The van der Waals surface area contributed by atoms with Crippen LogP contribution in [0.1, 0.15) is 67.0 Å². The molecule has 31 heavy (non-hydrogen) atoms. The molecule has 0 bridgehead atoms. The SMILES string of the molecule is CC[C@H](NC(=O)[C@@H](C)N(c1cc(C)ccc1C)S(C)(=O)=O)c1ccc2c(c1)CCCC2. The maximum absolute atomic E-state index is 13.2. The van der Waals surface area contributed by atoms with Crippen LogP contribution in [0.2, 0.25) is 0 Å². The largest absolute Gasteiger partial charge is 0.347 e. The van der Waals surface area contributed by atoms with Gasteiger partial charge in [0.2, 0.25) is 15.9 Å². The molecule has 0 spiro atoms. The van der Waals surface area contributed by atoms with Crippen LogP contribution in [0.3, 0.4) is 0 Å². The minimum absolute atomic E-state index is 0.151. The van der Waals surface area contributed by atoms with Gasteiger partial charge in [0, 0.05) is 0 Å². The zero-order chi connectivity index (χ0) is 22.8. The average Bonchev–Trinajstić information content (AvgIpc) is 2.73. The molecule has 6 heteroatoms. The third-order valence-corrected chi connectivity index (χ3v) is 7.42. The van der Waals surface area contributed by atoms with Gasteiger partial charge >= 0.3 is 0 Å². The molecular formula is C25H34N2O3S. The zero-order valence-corrected chi connectivity index (χ0v) is 20.1. The molecule has 168 valence electrons. The number of sulfonamides is 1. The van der Waals surface area contributed by atoms with Crippen molar-refractivity contribution in [2.24, 2.45) is 0 Å². The molecule has 1 aliphatic carbocycles. The Kier molecular flexibility index (Phi) is 7.10. The minimum Gasteiger partial charge on any atom is -0.347 e. The van der Waals surface area contributed by atoms with Crippen LogP contribution >= 0.6 is 0 Å². The summed E-state index contributed by atoms with van der Waals surface area (Å²) in [6.07, 6.45) is 6.53. The van der Waals surface area contributed by atoms with Crippen molar-refractivity contribution in [3.63, 3.8) is 0 Å². The average molecular weight is 443 g/mol. The number of hydrogen-bond acceptors (Lipinski definition) is 3. The smallest absolute Gasteiger partial charge is 0.244 e. The molecule has 5 nitrogen and oxygen atoms in total. The van der Waals surface area contributed by atoms with E-state index in [1.54, 1.807) is 6.92 Å². The van der Waals surface area contributed by atoms with Crippen molar-refractivity contribution in [3.05, 3.63) is 64.2 Å². The summed E-state index contributed by atoms with van der Waals surface area (Å²) < 4.78 is 26.6. The summed E-state index contributed by atoms with van der Waals surface area (Å²) in [7, 11) is -3.65. The lowest BCUT2D eigenvalue weighted by atomic mass is 9.88. The summed E-state index contributed by atoms with van der Waals surface area (Å²) in [6, 6.07) is 11.1. The number of carbonyl (C=O) groups excluding carboxylic acids is 1. The highest BCUT2D eigenvalue weighted by Gasteiger charge is 2.31. The second-order valence-corrected chi connectivity index (χ2v) is 10.6. The van der Waals surface area contributed by atoms with E-state index < -0.39 is 16.1 Å². The van der Waals surface area contributed by atoms with E-state index >= 15 is 0 Å². The lowest BCUT2D eigenvalue weighted by Crippen LogP contribution is -2.48. The number of benzene rings is 2. The number of nitrogens with zero attached hydrogens (tertiary/aromatic N) is 1. The molecule has 0 fully saturated rings. The molecule has 0 saturated heterocycles. The van der Waals surface area contributed by atoms with Crippen LogP contribution in [0.25, 0.3) is 0 Å². The van der Waals surface area contributed by atoms with Crippen molar-refractivity contribution in [1.82, 2.24) is 5.32 Å². The van der Waals surface area contributed by atoms with E-state index in [2.05, 4.69) is 23.5 Å². The normalized spacial score (nSPS) is 15.6. The molecule has 2 aromatic carbocycles. The highest BCUT2D eigenvalue weighted by Crippen LogP contribution is 2.28. The number of amides is 1. The van der Waals surface area contributed by atoms with Gasteiger partial charge in [-0.05, 0) is 86.8 Å². The van der Waals surface area contributed by atoms with Crippen molar-refractivity contribution < 1.29 is 13.2 Å². The van der Waals surface area contributed by atoms with Gasteiger partial charge in [-0.15, -0.1) is 0 Å². The second-order valence-electron chi connectivity index (χ2n) is 8.73. The predicted octanol–water partition coefficient (Wildman–Crippen LogP) is 4.60. The van der Waals surface area contributed by atoms with E-state index in [0.29, 0.717) is 5.69 Å². The van der Waals surface area contributed by atoms with Crippen LogP contribution < -0.4 is 9.62 Å². The lowest BCUT2D eigenvalue weighted by Gasteiger charge is -2.31. The van der Waals surface area contributed by atoms with Crippen molar-refractivity contribution in [3.8, 4) is 0 Å². The molecule has 0 heterocycles. The Hall–Kier alpha value is -2.34. The first-order valence-corrected chi connectivity index (χ1v) is 13.0. The van der Waals surface area contributed by atoms with Gasteiger partial charge in [-0.3, -0.25) is 9.10 Å². The van der Waals surface area contributed by atoms with Gasteiger partial charge in [0.15, 0.2) is 0 Å². The van der Waals surface area contributed by atoms with Crippen LogP contribution in [0.15, 0.2) is 36.4 Å². The van der Waals surface area contributed by atoms with Gasteiger partial charge in [0.05, 0.1) is 18.0 Å². The van der Waals surface area contributed by atoms with E-state index in [4.69, 9.17) is 0 Å². The van der Waals surface area contributed by atoms with Gasteiger partial charge in [-0.25, -0.2) is 8.42 Å². The summed E-state index contributed by atoms with van der Waals surface area (Å²) >= 11 is 0. The lowest BCUT2D eigenvalue weighted by molar-refractivity contribution is -0.122. The Labute approximate surface area is 186 Å². The number of hydrogen-bond donors (Lipinski definition) is 1. The first-order chi connectivity index (χ1) is 14.6. The number of nitrogens with one attached hydrogen (secondary N) is 1. The highest BCUT2D eigenvalue weighted by molar-refractivity contribution is 7.92. The maximum atomic E-state index is 13.2. The number of aryl methyl sites for hydroxylation is 4. The van der Waals surface area contributed by atoms with Gasteiger partial charge in [-0.1, -0.05) is 37.3 Å². The van der Waals surface area contributed by atoms with E-state index in [0.717, 1.165) is 42.2 Å². The first kappa shape index (κ1) is 23.3. The number of fused-ring (bicyclic) bond motifs is 1. The number of anilines is 1. The highest BCUT2D eigenvalue weighted by atomic mass is 32.2. The Morgan fingerprint density at radius 1 is 1.06 bits per heavy atom. The molecule has 1 N–H and O–H groups in total. The summed E-state index contributed by atoms with van der Waals surface area (Å²) in [5.74, 6) is -0.295. The minimum atomic E-state index is -3.65. The quantitative estimate of drug-likeness (QED) is 0.681. The fourth-order valence-corrected chi connectivity index (χ4v) is 5.65. The van der Waals surface area contributed by atoms with E-state index in [1.165, 1.54) is 28.3 Å². The Morgan fingerprint density at radius 3 is 2.39 bits per heavy atom. The molecule has 0 aliphatic heterocycles. The van der Waals surface area contributed by atoms with Crippen LogP contribution in [0.4, 0.5) is 5.69 Å². The second kappa shape index (κ2) is 9.43. The summed E-state index contributed by atoms with van der Waals surface area (Å²) in [5, 5.41) is 3.10. The van der Waals surface area contributed by atoms with E-state index in [9.17, 15) is 13.2 Å². The number of carbonyl (C=O) groups is 1. The number of rotatable bonds is 7. The van der Waals surface area contributed by atoms with Gasteiger partial charge in [0.25, 0.3) is 0 Å². The monoisotopic (exact) mass is 442 g/mol. The van der Waals surface area contributed by atoms with Crippen LogP contribution in [-0.2, 0) is 27.7 Å². The molecular weight excluding hydrogens is 408 g/mol. The van der Waals surface area contributed by atoms with Crippen molar-refractivity contribution in [1.29, 1.82) is 0 Å². The topological polar surface area (TPSA) is 66.5 Å². The van der Waals surface area contributed by atoms with Crippen molar-refractivity contribution in [2.75, 3.05) is 10.6 Å². The van der Waals surface area contributed by atoms with Crippen molar-refractivity contribution >= 4 is 21.6 Å². The first-order valence-electron chi connectivity index (χ1n) is 11.1. The van der Waals surface area contributed by atoms with Crippen LogP contribution in [0, 0.1) is 13.8 Å². The van der Waals surface area contributed by atoms with Gasteiger partial charge in [-0.2, -0.15) is 0 Å². The fourth-order valence-electron chi connectivity index (χ4n) is 4.42. The standard InChI is InChI=1S/C25H34N2O3S/c1-6-23(22-14-13-20-9-7-8-10-21(20)16-22)26-25(28)19(4)27(31(5,29)30)24-15-17(2)11-12-18(24)3/h11-16,19,23H,6-10H2,1-5H3,(H,26,28)/t19-,23+/m1/s1. The van der Waals surface area contributed by atoms with E-state index in [1.807, 2.05) is 39.0 Å². The Bertz CT molecular complexity index is 1060. The molecule has 0 aromatic heterocycles. The Balaban J connectivity index is 1.86. The maximum Gasteiger partial charge on any atom is 0.244 e. The van der Waals surface area contributed by atoms with Crippen molar-refractivity contribution in [2.45, 2.75) is 71.9 Å².